The van der Waals surface area contributed by atoms with Crippen molar-refractivity contribution in [2.45, 2.75) is 0 Å². The van der Waals surface area contributed by atoms with E-state index in [1.54, 1.807) is 0 Å². The third kappa shape index (κ3) is 1.32. The van der Waals surface area contributed by atoms with E-state index < -0.39 is 0 Å². The minimum Gasteiger partial charge on any atom is -0.0616 e. The number of fused-ring (bicyclic) bond motifs is 2. The molecule has 0 N–H and O–H groups in total. The smallest absolute Gasteiger partial charge is 0.0616 e. The van der Waals surface area contributed by atoms with E-state index in [1.165, 1.54) is 43.1 Å². The van der Waals surface area contributed by atoms with Crippen molar-refractivity contribution in [3.63, 3.8) is 0 Å². The molecule has 5 aromatic rings. The second-order valence-electron chi connectivity index (χ2n) is 5.75. The van der Waals surface area contributed by atoms with E-state index in [0.29, 0.717) is 0 Å². The number of benzene rings is 5. The molecule has 0 aromatic heterocycles. The van der Waals surface area contributed by atoms with Gasteiger partial charge in [-0.05, 0) is 22.2 Å². The Morgan fingerprint density at radius 1 is 0.524 bits per heavy atom. The van der Waals surface area contributed by atoms with Crippen LogP contribution >= 0.6 is 0 Å². The molecule has 96 valence electrons. The average molecular weight is 265 g/mol. The maximum absolute atomic E-state index is 4.28. The lowest BCUT2D eigenvalue weighted by Crippen LogP contribution is -1.88. The van der Waals surface area contributed by atoms with Crippen molar-refractivity contribution < 1.29 is 0 Å². The summed E-state index contributed by atoms with van der Waals surface area (Å²) in [5.74, 6) is 0. The topological polar surface area (TPSA) is 0 Å². The summed E-state index contributed by atoms with van der Waals surface area (Å²) in [6.45, 7) is 4.28. The first-order chi connectivity index (χ1) is 10.3. The first kappa shape index (κ1) is 11.0. The third-order valence-electron chi connectivity index (χ3n) is 4.57. The standard InChI is InChI=1S/C21H13/c1-13-11-16-7-4-6-14-9-10-18-17-8-3-2-5-15(17)12-19(13)21(18)20(14)16/h2-12H,1H2/q+1. The van der Waals surface area contributed by atoms with E-state index in [0.717, 1.165) is 5.56 Å². The fraction of sp³-hybridized carbons (Fsp3) is 0. The van der Waals surface area contributed by atoms with Crippen LogP contribution in [0.5, 0.6) is 0 Å². The van der Waals surface area contributed by atoms with Gasteiger partial charge in [-0.25, -0.2) is 0 Å². The first-order valence-electron chi connectivity index (χ1n) is 7.24. The van der Waals surface area contributed by atoms with Crippen molar-refractivity contribution in [1.82, 2.24) is 0 Å². The second kappa shape index (κ2) is 3.67. The van der Waals surface area contributed by atoms with Crippen LogP contribution in [-0.2, 0) is 0 Å². The van der Waals surface area contributed by atoms with Crippen LogP contribution < -0.4 is 0 Å². The molecule has 21 heavy (non-hydrogen) atoms. The molecule has 0 bridgehead atoms. The van der Waals surface area contributed by atoms with Crippen molar-refractivity contribution >= 4 is 43.1 Å². The summed E-state index contributed by atoms with van der Waals surface area (Å²) in [6.07, 6.45) is 0. The van der Waals surface area contributed by atoms with Gasteiger partial charge in [-0.2, -0.15) is 0 Å². The molecule has 0 radical (unpaired) electrons. The molecule has 0 aliphatic carbocycles. The Kier molecular flexibility index (Phi) is 1.92. The highest BCUT2D eigenvalue weighted by Gasteiger charge is 2.17. The summed E-state index contributed by atoms with van der Waals surface area (Å²) in [4.78, 5) is 0. The van der Waals surface area contributed by atoms with Gasteiger partial charge in [0.1, 0.15) is 5.56 Å². The lowest BCUT2D eigenvalue weighted by atomic mass is 9.89. The first-order valence-corrected chi connectivity index (χ1v) is 7.24. The van der Waals surface area contributed by atoms with E-state index in [2.05, 4.69) is 73.7 Å². The quantitative estimate of drug-likeness (QED) is 0.185. The molecule has 0 unspecified atom stereocenters. The molecule has 0 heterocycles. The van der Waals surface area contributed by atoms with E-state index >= 15 is 0 Å². The minimum absolute atomic E-state index is 1.11. The second-order valence-corrected chi connectivity index (χ2v) is 5.75. The van der Waals surface area contributed by atoms with Crippen LogP contribution in [0.25, 0.3) is 43.1 Å². The predicted molar refractivity (Wildman–Crippen MR) is 92.1 cm³/mol. The summed E-state index contributed by atoms with van der Waals surface area (Å²) < 4.78 is 0. The monoisotopic (exact) mass is 265 g/mol. The van der Waals surface area contributed by atoms with Crippen molar-refractivity contribution in [3.05, 3.63) is 79.2 Å². The fourth-order valence-corrected chi connectivity index (χ4v) is 3.65. The van der Waals surface area contributed by atoms with Gasteiger partial charge in [0.15, 0.2) is 0 Å². The van der Waals surface area contributed by atoms with Crippen molar-refractivity contribution in [3.8, 4) is 0 Å². The van der Waals surface area contributed by atoms with Gasteiger partial charge in [0.2, 0.25) is 0 Å². The summed E-state index contributed by atoms with van der Waals surface area (Å²) in [7, 11) is 0. The highest BCUT2D eigenvalue weighted by Crippen LogP contribution is 2.39. The Bertz CT molecular complexity index is 1130. The van der Waals surface area contributed by atoms with Crippen LogP contribution in [-0.4, -0.2) is 0 Å². The van der Waals surface area contributed by atoms with Crippen LogP contribution in [0.1, 0.15) is 5.56 Å². The Labute approximate surface area is 123 Å². The Hall–Kier alpha value is -2.73. The Balaban J connectivity index is 2.25. The zero-order chi connectivity index (χ0) is 14.0. The molecule has 5 aromatic carbocycles. The molecule has 0 amide bonds. The molecular weight excluding hydrogens is 252 g/mol. The molecule has 0 aliphatic heterocycles. The molecular formula is C21H13+. The average Bonchev–Trinajstić information content (AvgIpc) is 2.53. The predicted octanol–water partition coefficient (Wildman–Crippen LogP) is 5.92. The van der Waals surface area contributed by atoms with Crippen molar-refractivity contribution in [2.75, 3.05) is 0 Å². The maximum Gasteiger partial charge on any atom is 0.135 e. The lowest BCUT2D eigenvalue weighted by Gasteiger charge is -2.10. The van der Waals surface area contributed by atoms with Crippen molar-refractivity contribution in [1.29, 1.82) is 0 Å². The highest BCUT2D eigenvalue weighted by molar-refractivity contribution is 6.29. The molecule has 0 saturated heterocycles. The summed E-state index contributed by atoms with van der Waals surface area (Å²) in [5, 5.41) is 10.5. The SMILES string of the molecule is [CH2+]c1cc2cccc3ccc4c5ccccc5cc1c4c32. The van der Waals surface area contributed by atoms with E-state index in [4.69, 9.17) is 0 Å². The fourth-order valence-electron chi connectivity index (χ4n) is 3.65. The van der Waals surface area contributed by atoms with Gasteiger partial charge in [0.05, 0.1) is 16.8 Å². The summed E-state index contributed by atoms with van der Waals surface area (Å²) >= 11 is 0. The zero-order valence-electron chi connectivity index (χ0n) is 11.6. The number of rotatable bonds is 0. The van der Waals surface area contributed by atoms with Gasteiger partial charge in [-0.1, -0.05) is 48.5 Å². The van der Waals surface area contributed by atoms with Gasteiger partial charge in [0.25, 0.3) is 0 Å². The Morgan fingerprint density at radius 3 is 2.29 bits per heavy atom. The Morgan fingerprint density at radius 2 is 1.33 bits per heavy atom. The minimum atomic E-state index is 1.11. The van der Waals surface area contributed by atoms with Gasteiger partial charge >= 0.3 is 0 Å². The van der Waals surface area contributed by atoms with Gasteiger partial charge < -0.3 is 0 Å². The van der Waals surface area contributed by atoms with Crippen LogP contribution in [0.2, 0.25) is 0 Å². The van der Waals surface area contributed by atoms with E-state index in [1.807, 2.05) is 0 Å². The van der Waals surface area contributed by atoms with Crippen LogP contribution in [0.3, 0.4) is 0 Å². The van der Waals surface area contributed by atoms with Gasteiger partial charge in [-0.3, -0.25) is 0 Å². The molecule has 0 aliphatic rings. The molecule has 0 heteroatoms. The molecule has 0 saturated carbocycles. The van der Waals surface area contributed by atoms with Crippen LogP contribution in [0, 0.1) is 6.92 Å². The molecule has 0 spiro atoms. The molecule has 0 atom stereocenters. The zero-order valence-corrected chi connectivity index (χ0v) is 11.6. The van der Waals surface area contributed by atoms with Crippen molar-refractivity contribution in [2.24, 2.45) is 0 Å². The third-order valence-corrected chi connectivity index (χ3v) is 4.57. The van der Waals surface area contributed by atoms with Crippen LogP contribution in [0.15, 0.2) is 66.7 Å². The highest BCUT2D eigenvalue weighted by atomic mass is 14.1. The van der Waals surface area contributed by atoms with E-state index in [-0.39, 0.29) is 0 Å². The molecule has 0 fully saturated rings. The van der Waals surface area contributed by atoms with Gasteiger partial charge in [0, 0.05) is 29.1 Å². The summed E-state index contributed by atoms with van der Waals surface area (Å²) in [5.41, 5.74) is 1.11. The number of hydrogen-bond donors (Lipinski definition) is 0. The molecule has 5 rings (SSSR count). The summed E-state index contributed by atoms with van der Waals surface area (Å²) in [6, 6.07) is 24.1. The largest absolute Gasteiger partial charge is 0.135 e. The lowest BCUT2D eigenvalue weighted by molar-refractivity contribution is 1.73. The number of hydrogen-bond acceptors (Lipinski definition) is 0. The molecule has 0 nitrogen and oxygen atoms in total. The van der Waals surface area contributed by atoms with E-state index in [9.17, 15) is 0 Å². The normalized spacial score (nSPS) is 12.0. The van der Waals surface area contributed by atoms with Gasteiger partial charge in [-0.15, -0.1) is 0 Å². The maximum atomic E-state index is 4.28. The van der Waals surface area contributed by atoms with Crippen LogP contribution in [0.4, 0.5) is 0 Å².